The van der Waals surface area contributed by atoms with Gasteiger partial charge in [-0.05, 0) is 37.3 Å². The molecule has 7 heteroatoms. The average molecular weight is 392 g/mol. The second-order valence-electron chi connectivity index (χ2n) is 6.12. The molecule has 0 saturated heterocycles. The maximum absolute atomic E-state index is 12.5. The third kappa shape index (κ3) is 5.40. The Bertz CT molecular complexity index is 962. The fourth-order valence-corrected chi connectivity index (χ4v) is 3.31. The number of carbonyl (C=O) groups is 2. The van der Waals surface area contributed by atoms with Gasteiger partial charge < -0.3 is 10.6 Å². The molecule has 2 aromatic carbocycles. The van der Waals surface area contributed by atoms with Crippen LogP contribution in [0.25, 0.3) is 11.3 Å². The summed E-state index contributed by atoms with van der Waals surface area (Å²) in [6.45, 7) is 3.28. The van der Waals surface area contributed by atoms with Gasteiger partial charge in [0.25, 0.3) is 0 Å². The maximum Gasteiger partial charge on any atom is 0.237 e. The fourth-order valence-electron chi connectivity index (χ4n) is 2.49. The molecular weight excluding hydrogens is 372 g/mol. The summed E-state index contributed by atoms with van der Waals surface area (Å²) in [7, 11) is 0. The van der Waals surface area contributed by atoms with Crippen LogP contribution < -0.4 is 10.6 Å². The SMILES string of the molecule is CC(=O)Nc1ccc(NC(=O)[C@H](C)Sc2cc(-c3ccccc3)ncn2)cc1. The summed E-state index contributed by atoms with van der Waals surface area (Å²) < 4.78 is 0. The Morgan fingerprint density at radius 3 is 2.21 bits per heavy atom. The maximum atomic E-state index is 12.5. The van der Waals surface area contributed by atoms with Gasteiger partial charge in [-0.3, -0.25) is 9.59 Å². The number of rotatable bonds is 6. The Balaban J connectivity index is 1.62. The van der Waals surface area contributed by atoms with Crippen LogP contribution in [0.4, 0.5) is 11.4 Å². The highest BCUT2D eigenvalue weighted by atomic mass is 32.2. The molecule has 0 aliphatic heterocycles. The van der Waals surface area contributed by atoms with E-state index in [1.807, 2.05) is 43.3 Å². The normalized spacial score (nSPS) is 11.5. The molecule has 2 amide bonds. The summed E-state index contributed by atoms with van der Waals surface area (Å²) >= 11 is 1.37. The minimum Gasteiger partial charge on any atom is -0.326 e. The molecule has 2 N–H and O–H groups in total. The zero-order valence-electron chi connectivity index (χ0n) is 15.5. The Morgan fingerprint density at radius 2 is 1.57 bits per heavy atom. The topological polar surface area (TPSA) is 84.0 Å². The fraction of sp³-hybridized carbons (Fsp3) is 0.143. The number of aromatic nitrogens is 2. The Labute approximate surface area is 167 Å². The van der Waals surface area contributed by atoms with Crippen molar-refractivity contribution < 1.29 is 9.59 Å². The molecule has 1 atom stereocenters. The van der Waals surface area contributed by atoms with E-state index in [1.54, 1.807) is 24.3 Å². The van der Waals surface area contributed by atoms with E-state index >= 15 is 0 Å². The first-order valence-electron chi connectivity index (χ1n) is 8.74. The standard InChI is InChI=1S/C21H20N4O2S/c1-14(21(27)25-18-10-8-17(9-11-18)24-15(2)26)28-20-12-19(22-13-23-20)16-6-4-3-5-7-16/h3-14H,1-2H3,(H,24,26)(H,25,27)/t14-/m0/s1. The van der Waals surface area contributed by atoms with Crippen molar-refractivity contribution in [2.75, 3.05) is 10.6 Å². The van der Waals surface area contributed by atoms with Gasteiger partial charge in [0.1, 0.15) is 11.4 Å². The Morgan fingerprint density at radius 1 is 0.929 bits per heavy atom. The minimum atomic E-state index is -0.339. The van der Waals surface area contributed by atoms with Crippen molar-refractivity contribution in [1.82, 2.24) is 9.97 Å². The highest BCUT2D eigenvalue weighted by molar-refractivity contribution is 8.00. The van der Waals surface area contributed by atoms with Crippen molar-refractivity contribution in [2.24, 2.45) is 0 Å². The predicted octanol–water partition coefficient (Wildman–Crippen LogP) is 4.22. The van der Waals surface area contributed by atoms with Gasteiger partial charge in [-0.15, -0.1) is 0 Å². The molecule has 0 aliphatic carbocycles. The zero-order valence-corrected chi connectivity index (χ0v) is 16.4. The van der Waals surface area contributed by atoms with Crippen molar-refractivity contribution in [3.8, 4) is 11.3 Å². The molecule has 6 nitrogen and oxygen atoms in total. The number of amides is 2. The average Bonchev–Trinajstić information content (AvgIpc) is 2.70. The van der Waals surface area contributed by atoms with Gasteiger partial charge in [-0.1, -0.05) is 42.1 Å². The molecule has 0 saturated carbocycles. The number of nitrogens with zero attached hydrogens (tertiary/aromatic N) is 2. The number of anilines is 2. The highest BCUT2D eigenvalue weighted by Crippen LogP contribution is 2.26. The first kappa shape index (κ1) is 19.6. The first-order valence-corrected chi connectivity index (χ1v) is 9.62. The molecule has 3 rings (SSSR count). The smallest absolute Gasteiger partial charge is 0.237 e. The monoisotopic (exact) mass is 392 g/mol. The van der Waals surface area contributed by atoms with Gasteiger partial charge in [-0.25, -0.2) is 9.97 Å². The molecule has 0 bridgehead atoms. The van der Waals surface area contributed by atoms with Gasteiger partial charge in [-0.2, -0.15) is 0 Å². The number of nitrogens with one attached hydrogen (secondary N) is 2. The van der Waals surface area contributed by atoms with Crippen LogP contribution >= 0.6 is 11.8 Å². The lowest BCUT2D eigenvalue weighted by Crippen LogP contribution is -2.22. The van der Waals surface area contributed by atoms with Crippen molar-refractivity contribution in [3.63, 3.8) is 0 Å². The van der Waals surface area contributed by atoms with Gasteiger partial charge >= 0.3 is 0 Å². The number of benzene rings is 2. The molecule has 0 spiro atoms. The van der Waals surface area contributed by atoms with Crippen LogP contribution in [0.3, 0.4) is 0 Å². The summed E-state index contributed by atoms with van der Waals surface area (Å²) in [5.74, 6) is -0.265. The van der Waals surface area contributed by atoms with Crippen LogP contribution in [-0.4, -0.2) is 27.0 Å². The van der Waals surface area contributed by atoms with E-state index in [4.69, 9.17) is 0 Å². The van der Waals surface area contributed by atoms with Gasteiger partial charge in [0.05, 0.1) is 10.9 Å². The van der Waals surface area contributed by atoms with E-state index in [1.165, 1.54) is 25.0 Å². The number of hydrogen-bond acceptors (Lipinski definition) is 5. The van der Waals surface area contributed by atoms with Crippen molar-refractivity contribution >= 4 is 35.0 Å². The lowest BCUT2D eigenvalue weighted by atomic mass is 10.1. The van der Waals surface area contributed by atoms with Crippen LogP contribution in [0.1, 0.15) is 13.8 Å². The van der Waals surface area contributed by atoms with Crippen LogP contribution in [0.2, 0.25) is 0 Å². The van der Waals surface area contributed by atoms with Gasteiger partial charge in [0.2, 0.25) is 11.8 Å². The quantitative estimate of drug-likeness (QED) is 0.485. The second-order valence-corrected chi connectivity index (χ2v) is 7.48. The molecule has 3 aromatic rings. The molecule has 0 unspecified atom stereocenters. The Hall–Kier alpha value is -3.19. The van der Waals surface area contributed by atoms with E-state index in [-0.39, 0.29) is 17.1 Å². The number of thioether (sulfide) groups is 1. The second kappa shape index (κ2) is 9.14. The predicted molar refractivity (Wildman–Crippen MR) is 112 cm³/mol. The molecule has 0 radical (unpaired) electrons. The molecule has 142 valence electrons. The molecule has 0 fully saturated rings. The lowest BCUT2D eigenvalue weighted by Gasteiger charge is -2.12. The van der Waals surface area contributed by atoms with Gasteiger partial charge in [0, 0.05) is 23.9 Å². The van der Waals surface area contributed by atoms with E-state index in [9.17, 15) is 9.59 Å². The van der Waals surface area contributed by atoms with Gasteiger partial charge in [0.15, 0.2) is 0 Å². The molecule has 1 heterocycles. The van der Waals surface area contributed by atoms with Crippen molar-refractivity contribution in [2.45, 2.75) is 24.1 Å². The molecule has 1 aromatic heterocycles. The van der Waals surface area contributed by atoms with E-state index in [0.29, 0.717) is 11.4 Å². The van der Waals surface area contributed by atoms with Crippen LogP contribution in [0.5, 0.6) is 0 Å². The summed E-state index contributed by atoms with van der Waals surface area (Å²) in [5.41, 5.74) is 3.17. The summed E-state index contributed by atoms with van der Waals surface area (Å²) in [6.07, 6.45) is 1.51. The molecule has 28 heavy (non-hydrogen) atoms. The summed E-state index contributed by atoms with van der Waals surface area (Å²) in [4.78, 5) is 32.1. The van der Waals surface area contributed by atoms with Crippen molar-refractivity contribution in [1.29, 1.82) is 0 Å². The van der Waals surface area contributed by atoms with E-state index in [2.05, 4.69) is 20.6 Å². The minimum absolute atomic E-state index is 0.128. The third-order valence-corrected chi connectivity index (χ3v) is 4.88. The number of hydrogen-bond donors (Lipinski definition) is 2. The van der Waals surface area contributed by atoms with Crippen LogP contribution in [0.15, 0.2) is 72.0 Å². The van der Waals surface area contributed by atoms with E-state index in [0.717, 1.165) is 16.3 Å². The summed E-state index contributed by atoms with van der Waals surface area (Å²) in [5, 5.41) is 5.96. The highest BCUT2D eigenvalue weighted by Gasteiger charge is 2.16. The van der Waals surface area contributed by atoms with Crippen LogP contribution in [-0.2, 0) is 9.59 Å². The molecular formula is C21H20N4O2S. The first-order chi connectivity index (χ1) is 13.5. The third-order valence-electron chi connectivity index (χ3n) is 3.85. The van der Waals surface area contributed by atoms with Crippen LogP contribution in [0, 0.1) is 0 Å². The lowest BCUT2D eigenvalue weighted by molar-refractivity contribution is -0.115. The largest absolute Gasteiger partial charge is 0.326 e. The Kier molecular flexibility index (Phi) is 6.39. The van der Waals surface area contributed by atoms with Crippen molar-refractivity contribution in [3.05, 3.63) is 67.0 Å². The number of carbonyl (C=O) groups excluding carboxylic acids is 2. The zero-order chi connectivity index (χ0) is 19.9. The van der Waals surface area contributed by atoms with E-state index < -0.39 is 0 Å². The summed E-state index contributed by atoms with van der Waals surface area (Å²) in [6, 6.07) is 18.7. The molecule has 0 aliphatic rings.